The van der Waals surface area contributed by atoms with Crippen LogP contribution in [0.3, 0.4) is 0 Å². The molecule has 0 spiro atoms. The quantitative estimate of drug-likeness (QED) is 0.392. The summed E-state index contributed by atoms with van der Waals surface area (Å²) in [5.41, 5.74) is 2.65. The summed E-state index contributed by atoms with van der Waals surface area (Å²) in [5, 5.41) is 3.58. The number of fused-ring (bicyclic) bond motifs is 1. The van der Waals surface area contributed by atoms with Crippen LogP contribution in [0, 0.1) is 0 Å². The molecular formula is C26H30F3N9OS. The number of carbonyl (C=O) groups is 1. The number of nitrogens with zero attached hydrogens (tertiary/aromatic N) is 8. The van der Waals surface area contributed by atoms with E-state index in [4.69, 9.17) is 0 Å². The van der Waals surface area contributed by atoms with Gasteiger partial charge in [-0.1, -0.05) is 11.3 Å². The molecule has 40 heavy (non-hydrogen) atoms. The van der Waals surface area contributed by atoms with Crippen molar-refractivity contribution in [3.8, 4) is 11.5 Å². The predicted molar refractivity (Wildman–Crippen MR) is 148 cm³/mol. The molecule has 3 aromatic heterocycles. The highest BCUT2D eigenvalue weighted by Gasteiger charge is 2.39. The molecule has 10 nitrogen and oxygen atoms in total. The van der Waals surface area contributed by atoms with Gasteiger partial charge in [-0.05, 0) is 38.2 Å². The number of likely N-dealkylation sites (N-methyl/N-ethyl adjacent to an activating group) is 1. The number of hydrogen-bond acceptors (Lipinski definition) is 8. The lowest BCUT2D eigenvalue weighted by molar-refractivity contribution is -0.137. The number of aromatic amines is 1. The molecule has 2 saturated heterocycles. The van der Waals surface area contributed by atoms with E-state index in [0.29, 0.717) is 47.3 Å². The van der Waals surface area contributed by atoms with Crippen molar-refractivity contribution in [3.05, 3.63) is 41.7 Å². The summed E-state index contributed by atoms with van der Waals surface area (Å²) < 4.78 is 43.0. The molecule has 0 bridgehead atoms. The topological polar surface area (TPSA) is 89.4 Å². The summed E-state index contributed by atoms with van der Waals surface area (Å²) in [5.74, 6) is 0.224. The zero-order valence-corrected chi connectivity index (χ0v) is 23.0. The Labute approximate surface area is 233 Å². The van der Waals surface area contributed by atoms with Crippen LogP contribution in [0.1, 0.15) is 11.9 Å². The van der Waals surface area contributed by atoms with Crippen LogP contribution in [-0.4, -0.2) is 99.3 Å². The van der Waals surface area contributed by atoms with Gasteiger partial charge in [0.1, 0.15) is 17.2 Å². The summed E-state index contributed by atoms with van der Waals surface area (Å²) >= 11 is 0.619. The summed E-state index contributed by atoms with van der Waals surface area (Å²) in [6, 6.07) is 7.44. The number of H-pyrrole nitrogens is 1. The van der Waals surface area contributed by atoms with Crippen molar-refractivity contribution >= 4 is 39.0 Å². The van der Waals surface area contributed by atoms with Crippen LogP contribution in [0.4, 0.5) is 23.9 Å². The SMILES string of the molecule is CC1CN(c2sc(C(F)(F)F)nc2-c2nc3ccc(N4CCN(C)CC4)cc3[nH]2)CCN1C(=O)Cn1cccn1. The third kappa shape index (κ3) is 5.24. The summed E-state index contributed by atoms with van der Waals surface area (Å²) in [7, 11) is 2.10. The number of nitrogens with one attached hydrogen (secondary N) is 1. The lowest BCUT2D eigenvalue weighted by Crippen LogP contribution is -2.54. The number of piperazine rings is 2. The van der Waals surface area contributed by atoms with Crippen molar-refractivity contribution in [1.82, 2.24) is 34.5 Å². The molecule has 1 N–H and O–H groups in total. The van der Waals surface area contributed by atoms with Crippen LogP contribution in [0.5, 0.6) is 0 Å². The van der Waals surface area contributed by atoms with Crippen LogP contribution in [-0.2, 0) is 17.5 Å². The van der Waals surface area contributed by atoms with Gasteiger partial charge in [0.25, 0.3) is 0 Å². The third-order valence-electron chi connectivity index (χ3n) is 7.50. The first kappa shape index (κ1) is 26.6. The van der Waals surface area contributed by atoms with E-state index < -0.39 is 11.2 Å². The first-order chi connectivity index (χ1) is 19.2. The molecule has 2 aliphatic rings. The van der Waals surface area contributed by atoms with E-state index in [0.717, 1.165) is 37.4 Å². The van der Waals surface area contributed by atoms with Crippen molar-refractivity contribution in [2.24, 2.45) is 0 Å². The molecule has 0 radical (unpaired) electrons. The minimum absolute atomic E-state index is 0.0789. The van der Waals surface area contributed by atoms with E-state index in [1.807, 2.05) is 30.0 Å². The Bertz CT molecular complexity index is 1490. The maximum atomic E-state index is 13.8. The minimum Gasteiger partial charge on any atom is -0.369 e. The summed E-state index contributed by atoms with van der Waals surface area (Å²) in [6.45, 7) is 6.92. The molecule has 6 rings (SSSR count). The van der Waals surface area contributed by atoms with Crippen LogP contribution in [0.2, 0.25) is 0 Å². The van der Waals surface area contributed by atoms with Gasteiger partial charge in [0.15, 0.2) is 5.82 Å². The average Bonchev–Trinajstić information content (AvgIpc) is 3.67. The summed E-state index contributed by atoms with van der Waals surface area (Å²) in [4.78, 5) is 33.0. The second kappa shape index (κ2) is 10.4. The largest absolute Gasteiger partial charge is 0.443 e. The smallest absolute Gasteiger partial charge is 0.369 e. The van der Waals surface area contributed by atoms with Crippen LogP contribution in [0.15, 0.2) is 36.7 Å². The maximum Gasteiger partial charge on any atom is 0.443 e. The van der Waals surface area contributed by atoms with Crippen molar-refractivity contribution in [2.45, 2.75) is 25.7 Å². The number of halogens is 3. The Morgan fingerprint density at radius 2 is 1.88 bits per heavy atom. The minimum atomic E-state index is -4.58. The number of alkyl halides is 3. The standard InChI is InChI=1S/C26H30F3N9OS/c1-17-15-36(12-13-38(17)21(39)16-37-7-3-6-30-37)24-22(33-25(40-24)26(27,28)29)23-31-19-5-4-18(14-20(19)32-23)35-10-8-34(2)9-11-35/h3-7,14,17H,8-13,15-16H2,1-2H3,(H,31,32). The zero-order valence-electron chi connectivity index (χ0n) is 22.2. The molecule has 0 aliphatic carbocycles. The lowest BCUT2D eigenvalue weighted by atomic mass is 10.2. The predicted octanol–water partition coefficient (Wildman–Crippen LogP) is 3.39. The lowest BCUT2D eigenvalue weighted by Gasteiger charge is -2.40. The fraction of sp³-hybridized carbons (Fsp3) is 0.462. The number of benzene rings is 1. The third-order valence-corrected chi connectivity index (χ3v) is 8.66. The molecule has 2 aliphatic heterocycles. The van der Waals surface area contributed by atoms with Gasteiger partial charge >= 0.3 is 6.18 Å². The number of aromatic nitrogens is 5. The molecule has 1 aromatic carbocycles. The van der Waals surface area contributed by atoms with Crippen molar-refractivity contribution in [3.63, 3.8) is 0 Å². The Morgan fingerprint density at radius 3 is 2.58 bits per heavy atom. The molecule has 5 heterocycles. The molecule has 1 atom stereocenters. The highest BCUT2D eigenvalue weighted by atomic mass is 32.1. The molecule has 1 unspecified atom stereocenters. The van der Waals surface area contributed by atoms with Gasteiger partial charge in [-0.3, -0.25) is 9.48 Å². The zero-order chi connectivity index (χ0) is 28.0. The van der Waals surface area contributed by atoms with E-state index in [-0.39, 0.29) is 24.2 Å². The van der Waals surface area contributed by atoms with E-state index in [9.17, 15) is 18.0 Å². The van der Waals surface area contributed by atoms with Crippen LogP contribution in [0.25, 0.3) is 22.6 Å². The molecule has 212 valence electrons. The van der Waals surface area contributed by atoms with Gasteiger partial charge < -0.3 is 24.6 Å². The number of amides is 1. The molecule has 0 saturated carbocycles. The Balaban J connectivity index is 1.27. The number of rotatable bonds is 5. The summed E-state index contributed by atoms with van der Waals surface area (Å²) in [6.07, 6.45) is -1.24. The normalized spacial score (nSPS) is 19.1. The van der Waals surface area contributed by atoms with Gasteiger partial charge in [0.2, 0.25) is 10.9 Å². The molecule has 2 fully saturated rings. The second-order valence-corrected chi connectivity index (χ2v) is 11.3. The van der Waals surface area contributed by atoms with Crippen molar-refractivity contribution in [1.29, 1.82) is 0 Å². The molecule has 1 amide bonds. The van der Waals surface area contributed by atoms with Gasteiger partial charge in [0, 0.05) is 69.9 Å². The number of anilines is 2. The van der Waals surface area contributed by atoms with E-state index in [1.165, 1.54) is 0 Å². The monoisotopic (exact) mass is 573 g/mol. The Hall–Kier alpha value is -3.65. The number of hydrogen-bond donors (Lipinski definition) is 1. The highest BCUT2D eigenvalue weighted by Crippen LogP contribution is 2.43. The maximum absolute atomic E-state index is 13.8. The van der Waals surface area contributed by atoms with Crippen molar-refractivity contribution < 1.29 is 18.0 Å². The number of imidazole rings is 1. The first-order valence-corrected chi connectivity index (χ1v) is 14.0. The van der Waals surface area contributed by atoms with Crippen LogP contribution < -0.4 is 9.80 Å². The van der Waals surface area contributed by atoms with E-state index in [2.05, 4.69) is 36.9 Å². The van der Waals surface area contributed by atoms with Gasteiger partial charge in [0.05, 0.1) is 11.0 Å². The van der Waals surface area contributed by atoms with E-state index >= 15 is 0 Å². The Kier molecular flexibility index (Phi) is 6.90. The highest BCUT2D eigenvalue weighted by molar-refractivity contribution is 7.16. The molecule has 4 aromatic rings. The van der Waals surface area contributed by atoms with Gasteiger partial charge in [-0.15, -0.1) is 0 Å². The van der Waals surface area contributed by atoms with Gasteiger partial charge in [-0.25, -0.2) is 9.97 Å². The fourth-order valence-corrected chi connectivity index (χ4v) is 6.28. The van der Waals surface area contributed by atoms with Crippen LogP contribution >= 0.6 is 11.3 Å². The average molecular weight is 574 g/mol. The first-order valence-electron chi connectivity index (χ1n) is 13.2. The molecule has 14 heteroatoms. The second-order valence-electron chi connectivity index (χ2n) is 10.3. The number of carbonyl (C=O) groups excluding carboxylic acids is 1. The van der Waals surface area contributed by atoms with Crippen molar-refractivity contribution in [2.75, 3.05) is 62.7 Å². The Morgan fingerprint density at radius 1 is 1.10 bits per heavy atom. The number of thiazole rings is 1. The fourth-order valence-electron chi connectivity index (χ4n) is 5.31. The van der Waals surface area contributed by atoms with Gasteiger partial charge in [-0.2, -0.15) is 18.3 Å². The molecular weight excluding hydrogens is 543 g/mol. The van der Waals surface area contributed by atoms with E-state index in [1.54, 1.807) is 28.0 Å².